The Kier molecular flexibility index (Phi) is 5.63. The number of anilines is 1. The van der Waals surface area contributed by atoms with Gasteiger partial charge in [0, 0.05) is 18.2 Å². The molecule has 9 nitrogen and oxygen atoms in total. The van der Waals surface area contributed by atoms with Crippen LogP contribution in [0.2, 0.25) is 0 Å². The molecular formula is C13H16N6O3S. The highest BCUT2D eigenvalue weighted by molar-refractivity contribution is 7.99. The van der Waals surface area contributed by atoms with Crippen LogP contribution in [0.3, 0.4) is 0 Å². The molecule has 0 fully saturated rings. The van der Waals surface area contributed by atoms with E-state index in [0.29, 0.717) is 10.9 Å². The summed E-state index contributed by atoms with van der Waals surface area (Å²) in [6, 6.07) is 6.17. The molecule has 0 unspecified atom stereocenters. The molecule has 0 aliphatic heterocycles. The number of tetrazole rings is 1. The van der Waals surface area contributed by atoms with Crippen LogP contribution in [0, 0.1) is 10.1 Å². The van der Waals surface area contributed by atoms with E-state index in [1.165, 1.54) is 23.9 Å². The number of hydrogen-bond donors (Lipinski definition) is 1. The van der Waals surface area contributed by atoms with Crippen LogP contribution in [-0.4, -0.2) is 36.8 Å². The van der Waals surface area contributed by atoms with Gasteiger partial charge in [0.2, 0.25) is 11.1 Å². The summed E-state index contributed by atoms with van der Waals surface area (Å²) in [4.78, 5) is 22.3. The van der Waals surface area contributed by atoms with E-state index < -0.39 is 4.92 Å². The van der Waals surface area contributed by atoms with Crippen molar-refractivity contribution >= 4 is 29.0 Å². The molecule has 0 radical (unpaired) electrons. The standard InChI is InChI=1S/C13H16N6O3S/c1-9(2)18-13(15-16-17-18)23-8-7-12(20)14-10-5-3-4-6-11(10)19(21)22/h3-6,9H,7-8H2,1-2H3,(H,14,20). The molecule has 10 heteroatoms. The number of carbonyl (C=O) groups is 1. The molecule has 0 spiro atoms. The lowest BCUT2D eigenvalue weighted by Crippen LogP contribution is -2.13. The van der Waals surface area contributed by atoms with Crippen LogP contribution >= 0.6 is 11.8 Å². The normalized spacial score (nSPS) is 10.7. The number of nitrogens with zero attached hydrogens (tertiary/aromatic N) is 5. The summed E-state index contributed by atoms with van der Waals surface area (Å²) in [6.45, 7) is 3.92. The summed E-state index contributed by atoms with van der Waals surface area (Å²) in [5, 5.41) is 25.5. The summed E-state index contributed by atoms with van der Waals surface area (Å²) in [6.07, 6.45) is 0.196. The summed E-state index contributed by atoms with van der Waals surface area (Å²) in [5.74, 6) is 0.176. The lowest BCUT2D eigenvalue weighted by atomic mass is 10.2. The molecule has 122 valence electrons. The molecule has 0 saturated carbocycles. The second-order valence-corrected chi connectivity index (χ2v) is 5.98. The highest BCUT2D eigenvalue weighted by atomic mass is 32.2. The number of amides is 1. The molecule has 0 saturated heterocycles. The molecule has 0 bridgehead atoms. The number of nitro groups is 1. The maximum absolute atomic E-state index is 11.9. The molecule has 1 aromatic carbocycles. The topological polar surface area (TPSA) is 116 Å². The lowest BCUT2D eigenvalue weighted by Gasteiger charge is -2.07. The third-order valence-electron chi connectivity index (χ3n) is 2.89. The summed E-state index contributed by atoms with van der Waals surface area (Å²) < 4.78 is 1.67. The molecular weight excluding hydrogens is 320 g/mol. The fourth-order valence-electron chi connectivity index (χ4n) is 1.79. The zero-order valence-corrected chi connectivity index (χ0v) is 13.5. The van der Waals surface area contributed by atoms with Crippen molar-refractivity contribution in [1.82, 2.24) is 20.2 Å². The number of para-hydroxylation sites is 2. The second kappa shape index (κ2) is 7.68. The summed E-state index contributed by atoms with van der Waals surface area (Å²) >= 11 is 1.36. The fraction of sp³-hybridized carbons (Fsp3) is 0.385. The van der Waals surface area contributed by atoms with Gasteiger partial charge in [-0.1, -0.05) is 23.9 Å². The molecule has 2 rings (SSSR count). The largest absolute Gasteiger partial charge is 0.320 e. The van der Waals surface area contributed by atoms with Crippen molar-refractivity contribution in [1.29, 1.82) is 0 Å². The average Bonchev–Trinajstić information content (AvgIpc) is 2.96. The molecule has 1 heterocycles. The molecule has 2 aromatic rings. The number of nitro benzene ring substituents is 1. The predicted octanol–water partition coefficient (Wildman–Crippen LogP) is 2.28. The first-order valence-corrected chi connectivity index (χ1v) is 7.91. The molecule has 0 atom stereocenters. The third kappa shape index (κ3) is 4.49. The van der Waals surface area contributed by atoms with Crippen molar-refractivity contribution in [3.8, 4) is 0 Å². The Morgan fingerprint density at radius 1 is 1.43 bits per heavy atom. The Hall–Kier alpha value is -2.49. The van der Waals surface area contributed by atoms with E-state index >= 15 is 0 Å². The van der Waals surface area contributed by atoms with Gasteiger partial charge >= 0.3 is 0 Å². The van der Waals surface area contributed by atoms with Crippen molar-refractivity contribution in [2.24, 2.45) is 0 Å². The average molecular weight is 336 g/mol. The van der Waals surface area contributed by atoms with Gasteiger partial charge in [0.1, 0.15) is 5.69 Å². The van der Waals surface area contributed by atoms with E-state index in [0.717, 1.165) is 0 Å². The number of aromatic nitrogens is 4. The molecule has 1 amide bonds. The quantitative estimate of drug-likeness (QED) is 0.468. The van der Waals surface area contributed by atoms with Crippen molar-refractivity contribution in [3.63, 3.8) is 0 Å². The van der Waals surface area contributed by atoms with E-state index in [1.54, 1.807) is 16.8 Å². The van der Waals surface area contributed by atoms with E-state index in [9.17, 15) is 14.9 Å². The van der Waals surface area contributed by atoms with Crippen LogP contribution in [0.4, 0.5) is 11.4 Å². The zero-order chi connectivity index (χ0) is 16.8. The predicted molar refractivity (Wildman–Crippen MR) is 85.3 cm³/mol. The van der Waals surface area contributed by atoms with Gasteiger partial charge in [-0.05, 0) is 30.3 Å². The number of rotatable bonds is 7. The van der Waals surface area contributed by atoms with Crippen molar-refractivity contribution in [2.75, 3.05) is 11.1 Å². The molecule has 1 aromatic heterocycles. The molecule has 1 N–H and O–H groups in total. The van der Waals surface area contributed by atoms with E-state index in [4.69, 9.17) is 0 Å². The molecule has 23 heavy (non-hydrogen) atoms. The van der Waals surface area contributed by atoms with Gasteiger partial charge in [0.15, 0.2) is 0 Å². The fourth-order valence-corrected chi connectivity index (χ4v) is 2.73. The minimum Gasteiger partial charge on any atom is -0.320 e. The van der Waals surface area contributed by atoms with E-state index in [-0.39, 0.29) is 29.7 Å². The van der Waals surface area contributed by atoms with Gasteiger partial charge in [-0.25, -0.2) is 4.68 Å². The van der Waals surface area contributed by atoms with Crippen molar-refractivity contribution < 1.29 is 9.72 Å². The van der Waals surface area contributed by atoms with Gasteiger partial charge < -0.3 is 5.32 Å². The highest BCUT2D eigenvalue weighted by Crippen LogP contribution is 2.24. The number of benzene rings is 1. The van der Waals surface area contributed by atoms with Crippen LogP contribution in [-0.2, 0) is 4.79 Å². The van der Waals surface area contributed by atoms with E-state index in [2.05, 4.69) is 20.8 Å². The van der Waals surface area contributed by atoms with Gasteiger partial charge in [-0.2, -0.15) is 0 Å². The van der Waals surface area contributed by atoms with Gasteiger partial charge in [0.25, 0.3) is 5.69 Å². The Bertz CT molecular complexity index is 703. The first kappa shape index (κ1) is 16.9. The van der Waals surface area contributed by atoms with Crippen LogP contribution < -0.4 is 5.32 Å². The molecule has 0 aliphatic carbocycles. The lowest BCUT2D eigenvalue weighted by molar-refractivity contribution is -0.383. The molecule has 0 aliphatic rings. The van der Waals surface area contributed by atoms with Crippen LogP contribution in [0.1, 0.15) is 26.3 Å². The minimum atomic E-state index is -0.527. The highest BCUT2D eigenvalue weighted by Gasteiger charge is 2.15. The monoisotopic (exact) mass is 336 g/mol. The van der Waals surface area contributed by atoms with E-state index in [1.807, 2.05) is 13.8 Å². The Balaban J connectivity index is 1.89. The zero-order valence-electron chi connectivity index (χ0n) is 12.7. The SMILES string of the molecule is CC(C)n1nnnc1SCCC(=O)Nc1ccccc1[N+](=O)[O-]. The Morgan fingerprint density at radius 2 is 2.17 bits per heavy atom. The number of thioether (sulfide) groups is 1. The Morgan fingerprint density at radius 3 is 2.87 bits per heavy atom. The van der Waals surface area contributed by atoms with Crippen LogP contribution in [0.25, 0.3) is 0 Å². The smallest absolute Gasteiger partial charge is 0.292 e. The third-order valence-corrected chi connectivity index (χ3v) is 3.82. The van der Waals surface area contributed by atoms with Gasteiger partial charge in [-0.3, -0.25) is 14.9 Å². The first-order valence-electron chi connectivity index (χ1n) is 6.93. The second-order valence-electron chi connectivity index (χ2n) is 4.92. The maximum Gasteiger partial charge on any atom is 0.292 e. The van der Waals surface area contributed by atoms with Crippen LogP contribution in [0.15, 0.2) is 29.4 Å². The maximum atomic E-state index is 11.9. The van der Waals surface area contributed by atoms with Gasteiger partial charge in [0.05, 0.1) is 11.0 Å². The summed E-state index contributed by atoms with van der Waals surface area (Å²) in [7, 11) is 0. The Labute approximate surface area is 136 Å². The van der Waals surface area contributed by atoms with Crippen molar-refractivity contribution in [3.05, 3.63) is 34.4 Å². The number of hydrogen-bond acceptors (Lipinski definition) is 7. The van der Waals surface area contributed by atoms with Crippen molar-refractivity contribution in [2.45, 2.75) is 31.5 Å². The summed E-state index contributed by atoms with van der Waals surface area (Å²) in [5.41, 5.74) is 0.0665. The number of nitrogens with one attached hydrogen (secondary N) is 1. The minimum absolute atomic E-state index is 0.128. The van der Waals surface area contributed by atoms with Crippen LogP contribution in [0.5, 0.6) is 0 Å². The first-order chi connectivity index (χ1) is 11.0. The van der Waals surface area contributed by atoms with Gasteiger partial charge in [-0.15, -0.1) is 5.10 Å². The number of carbonyl (C=O) groups excluding carboxylic acids is 1.